The van der Waals surface area contributed by atoms with E-state index in [9.17, 15) is 13.2 Å². The van der Waals surface area contributed by atoms with Gasteiger partial charge in [-0.2, -0.15) is 11.8 Å². The predicted octanol–water partition coefficient (Wildman–Crippen LogP) is 1.59. The Hall–Kier alpha value is -1.05. The van der Waals surface area contributed by atoms with Gasteiger partial charge in [-0.25, -0.2) is 17.9 Å². The molecule has 106 valence electrons. The van der Waals surface area contributed by atoms with Crippen molar-refractivity contribution in [1.82, 2.24) is 4.72 Å². The van der Waals surface area contributed by atoms with E-state index in [1.165, 1.54) is 23.9 Å². The number of carboxylic acids is 1. The molecule has 0 fully saturated rings. The third-order valence-electron chi connectivity index (χ3n) is 2.58. The third-order valence-corrected chi connectivity index (χ3v) is 4.74. The van der Waals surface area contributed by atoms with Crippen LogP contribution in [-0.4, -0.2) is 38.0 Å². The molecule has 1 aromatic rings. The van der Waals surface area contributed by atoms with Crippen molar-refractivity contribution in [3.63, 3.8) is 0 Å². The van der Waals surface area contributed by atoms with Crippen molar-refractivity contribution in [3.8, 4) is 0 Å². The molecule has 1 aromatic carbocycles. The number of carboxylic acid groups (broad SMARTS) is 1. The first-order chi connectivity index (χ1) is 8.92. The highest BCUT2D eigenvalue weighted by atomic mass is 32.2. The van der Waals surface area contributed by atoms with Crippen LogP contribution in [0, 0.1) is 0 Å². The first-order valence-corrected chi connectivity index (χ1v) is 8.65. The second-order valence-corrected chi connectivity index (χ2v) is 6.59. The van der Waals surface area contributed by atoms with Gasteiger partial charge < -0.3 is 5.11 Å². The van der Waals surface area contributed by atoms with Crippen LogP contribution in [-0.2, 0) is 16.4 Å². The number of hydrogen-bond donors (Lipinski definition) is 2. The minimum Gasteiger partial charge on any atom is -0.478 e. The Balaban J connectivity index is 3.15. The zero-order valence-corrected chi connectivity index (χ0v) is 12.5. The van der Waals surface area contributed by atoms with Crippen LogP contribution in [0.5, 0.6) is 0 Å². The van der Waals surface area contributed by atoms with Crippen molar-refractivity contribution < 1.29 is 18.3 Å². The van der Waals surface area contributed by atoms with Gasteiger partial charge in [-0.15, -0.1) is 0 Å². The fourth-order valence-corrected chi connectivity index (χ4v) is 3.39. The predicted molar refractivity (Wildman–Crippen MR) is 76.3 cm³/mol. The van der Waals surface area contributed by atoms with Crippen LogP contribution in [0.25, 0.3) is 0 Å². The van der Waals surface area contributed by atoms with Crippen LogP contribution < -0.4 is 4.72 Å². The maximum atomic E-state index is 12.1. The van der Waals surface area contributed by atoms with Crippen molar-refractivity contribution in [3.05, 3.63) is 29.3 Å². The van der Waals surface area contributed by atoms with Crippen LogP contribution in [0.3, 0.4) is 0 Å². The SMILES string of the molecule is CCc1ccc(C(=O)O)cc1S(=O)(=O)NCCSC. The lowest BCUT2D eigenvalue weighted by atomic mass is 10.1. The summed E-state index contributed by atoms with van der Waals surface area (Å²) in [6.45, 7) is 2.15. The number of hydrogen-bond acceptors (Lipinski definition) is 4. The second kappa shape index (κ2) is 6.93. The fourth-order valence-electron chi connectivity index (χ4n) is 1.59. The lowest BCUT2D eigenvalue weighted by Gasteiger charge is -2.11. The fraction of sp³-hybridized carbons (Fsp3) is 0.417. The van der Waals surface area contributed by atoms with E-state index in [-0.39, 0.29) is 10.5 Å². The van der Waals surface area contributed by atoms with E-state index in [4.69, 9.17) is 5.11 Å². The van der Waals surface area contributed by atoms with Crippen molar-refractivity contribution >= 4 is 27.8 Å². The molecular formula is C12H17NO4S2. The molecule has 0 atom stereocenters. The van der Waals surface area contributed by atoms with E-state index in [0.717, 1.165) is 0 Å². The number of carbonyl (C=O) groups is 1. The quantitative estimate of drug-likeness (QED) is 0.747. The number of rotatable bonds is 7. The summed E-state index contributed by atoms with van der Waals surface area (Å²) >= 11 is 1.53. The van der Waals surface area contributed by atoms with Gasteiger partial charge in [-0.05, 0) is 30.4 Å². The van der Waals surface area contributed by atoms with Crippen LogP contribution >= 0.6 is 11.8 Å². The molecule has 0 saturated heterocycles. The maximum Gasteiger partial charge on any atom is 0.335 e. The van der Waals surface area contributed by atoms with Crippen molar-refractivity contribution in [2.75, 3.05) is 18.6 Å². The van der Waals surface area contributed by atoms with Gasteiger partial charge in [0.15, 0.2) is 0 Å². The zero-order chi connectivity index (χ0) is 14.5. The number of nitrogens with one attached hydrogen (secondary N) is 1. The molecule has 0 aliphatic rings. The van der Waals surface area contributed by atoms with Crippen LogP contribution in [0.1, 0.15) is 22.8 Å². The summed E-state index contributed by atoms with van der Waals surface area (Å²) in [6.07, 6.45) is 2.41. The van der Waals surface area contributed by atoms with E-state index in [0.29, 0.717) is 24.3 Å². The first kappa shape index (κ1) is 16.0. The molecule has 1 rings (SSSR count). The molecule has 19 heavy (non-hydrogen) atoms. The smallest absolute Gasteiger partial charge is 0.335 e. The molecule has 0 spiro atoms. The van der Waals surface area contributed by atoms with E-state index in [1.807, 2.05) is 13.2 Å². The minimum atomic E-state index is -3.66. The number of aryl methyl sites for hydroxylation is 1. The highest BCUT2D eigenvalue weighted by Crippen LogP contribution is 2.18. The summed E-state index contributed by atoms with van der Waals surface area (Å²) < 4.78 is 26.8. The van der Waals surface area contributed by atoms with Gasteiger partial charge in [0.25, 0.3) is 0 Å². The number of benzene rings is 1. The molecule has 0 unspecified atom stereocenters. The topological polar surface area (TPSA) is 83.5 Å². The van der Waals surface area contributed by atoms with Gasteiger partial charge in [0.1, 0.15) is 0 Å². The molecule has 0 aliphatic heterocycles. The van der Waals surface area contributed by atoms with Gasteiger partial charge in [0.2, 0.25) is 10.0 Å². The summed E-state index contributed by atoms with van der Waals surface area (Å²) in [5, 5.41) is 8.93. The normalized spacial score (nSPS) is 11.5. The van der Waals surface area contributed by atoms with E-state index >= 15 is 0 Å². The van der Waals surface area contributed by atoms with Crippen molar-refractivity contribution in [2.45, 2.75) is 18.2 Å². The molecule has 0 bridgehead atoms. The molecular weight excluding hydrogens is 286 g/mol. The van der Waals surface area contributed by atoms with Crippen LogP contribution in [0.4, 0.5) is 0 Å². The average molecular weight is 303 g/mol. The second-order valence-electron chi connectivity index (χ2n) is 3.87. The summed E-state index contributed by atoms with van der Waals surface area (Å²) in [6, 6.07) is 4.18. The number of sulfonamides is 1. The maximum absolute atomic E-state index is 12.1. The van der Waals surface area contributed by atoms with Crippen LogP contribution in [0.2, 0.25) is 0 Å². The molecule has 0 amide bonds. The monoisotopic (exact) mass is 303 g/mol. The number of aromatic carboxylic acids is 1. The van der Waals surface area contributed by atoms with Crippen LogP contribution in [0.15, 0.2) is 23.1 Å². The Morgan fingerprint density at radius 2 is 2.11 bits per heavy atom. The summed E-state index contributed by atoms with van der Waals surface area (Å²) in [5.74, 6) is -0.470. The van der Waals surface area contributed by atoms with Gasteiger partial charge >= 0.3 is 5.97 Å². The first-order valence-electron chi connectivity index (χ1n) is 5.77. The lowest BCUT2D eigenvalue weighted by Crippen LogP contribution is -2.27. The molecule has 7 heteroatoms. The molecule has 5 nitrogen and oxygen atoms in total. The van der Waals surface area contributed by atoms with Gasteiger partial charge in [0.05, 0.1) is 10.5 Å². The highest BCUT2D eigenvalue weighted by Gasteiger charge is 2.19. The van der Waals surface area contributed by atoms with E-state index < -0.39 is 16.0 Å². The molecule has 0 heterocycles. The van der Waals surface area contributed by atoms with E-state index in [2.05, 4.69) is 4.72 Å². The summed E-state index contributed by atoms with van der Waals surface area (Å²) in [5.41, 5.74) is 0.587. The molecule has 2 N–H and O–H groups in total. The zero-order valence-electron chi connectivity index (χ0n) is 10.8. The highest BCUT2D eigenvalue weighted by molar-refractivity contribution is 7.98. The molecule has 0 saturated carbocycles. The average Bonchev–Trinajstić information content (AvgIpc) is 2.38. The van der Waals surface area contributed by atoms with Gasteiger partial charge in [-0.3, -0.25) is 0 Å². The third kappa shape index (κ3) is 4.22. The molecule has 0 aliphatic carbocycles. The van der Waals surface area contributed by atoms with Crippen molar-refractivity contribution in [2.24, 2.45) is 0 Å². The Bertz CT molecular complexity index is 555. The Morgan fingerprint density at radius 3 is 2.63 bits per heavy atom. The Morgan fingerprint density at radius 1 is 1.42 bits per heavy atom. The summed E-state index contributed by atoms with van der Waals surface area (Å²) in [7, 11) is -3.66. The standard InChI is InChI=1S/C12H17NO4S2/c1-3-9-4-5-10(12(14)15)8-11(9)19(16,17)13-6-7-18-2/h4-5,8,13H,3,6-7H2,1-2H3,(H,14,15). The van der Waals surface area contributed by atoms with E-state index in [1.54, 1.807) is 6.07 Å². The number of thioether (sulfide) groups is 1. The van der Waals surface area contributed by atoms with Gasteiger partial charge in [0, 0.05) is 12.3 Å². The Kier molecular flexibility index (Phi) is 5.84. The lowest BCUT2D eigenvalue weighted by molar-refractivity contribution is 0.0696. The minimum absolute atomic E-state index is 0.0255. The molecule has 0 radical (unpaired) electrons. The van der Waals surface area contributed by atoms with Gasteiger partial charge in [-0.1, -0.05) is 13.0 Å². The molecule has 0 aromatic heterocycles. The largest absolute Gasteiger partial charge is 0.478 e. The van der Waals surface area contributed by atoms with Crippen molar-refractivity contribution in [1.29, 1.82) is 0 Å². The Labute approximate surface area is 117 Å². The summed E-state index contributed by atoms with van der Waals surface area (Å²) in [4.78, 5) is 11.0.